The number of hydrogen-bond donors (Lipinski definition) is 0. The van der Waals surface area contributed by atoms with Gasteiger partial charge in [0.2, 0.25) is 0 Å². The van der Waals surface area contributed by atoms with Gasteiger partial charge < -0.3 is 9.64 Å². The Bertz CT molecular complexity index is 321. The van der Waals surface area contributed by atoms with Crippen LogP contribution < -0.4 is 0 Å². The summed E-state index contributed by atoms with van der Waals surface area (Å²) in [6.45, 7) is 1.95. The first-order valence-electron chi connectivity index (χ1n) is 4.24. The fourth-order valence-corrected chi connectivity index (χ4v) is 1.47. The van der Waals surface area contributed by atoms with Crippen LogP contribution in [-0.4, -0.2) is 16.9 Å². The van der Waals surface area contributed by atoms with E-state index in [0.717, 1.165) is 11.3 Å². The molecule has 2 heterocycles. The van der Waals surface area contributed by atoms with Gasteiger partial charge in [0.15, 0.2) is 6.23 Å². The summed E-state index contributed by atoms with van der Waals surface area (Å²) >= 11 is 0. The van der Waals surface area contributed by atoms with E-state index < -0.39 is 0 Å². The lowest BCUT2D eigenvalue weighted by atomic mass is 10.2. The van der Waals surface area contributed by atoms with Crippen molar-refractivity contribution in [3.63, 3.8) is 0 Å². The Morgan fingerprint density at radius 3 is 2.92 bits per heavy atom. The molecule has 0 aliphatic carbocycles. The fraction of sp³-hybridized carbons (Fsp3) is 0.300. The van der Waals surface area contributed by atoms with Crippen molar-refractivity contribution in [1.82, 2.24) is 9.88 Å². The second kappa shape index (κ2) is 3.09. The van der Waals surface area contributed by atoms with Gasteiger partial charge in [0, 0.05) is 31.2 Å². The van der Waals surface area contributed by atoms with Crippen LogP contribution in [0.2, 0.25) is 0 Å². The molecule has 1 aromatic rings. The third-order valence-electron chi connectivity index (χ3n) is 2.02. The number of pyridine rings is 1. The Morgan fingerprint density at radius 2 is 2.38 bits per heavy atom. The minimum atomic E-state index is -0.00583. The van der Waals surface area contributed by atoms with Crippen molar-refractivity contribution in [3.8, 4) is 0 Å². The van der Waals surface area contributed by atoms with E-state index in [1.54, 1.807) is 6.20 Å². The van der Waals surface area contributed by atoms with Crippen LogP contribution in [0.4, 0.5) is 0 Å². The molecule has 0 saturated carbocycles. The first-order chi connectivity index (χ1) is 6.27. The Morgan fingerprint density at radius 1 is 1.54 bits per heavy atom. The molecule has 0 spiro atoms. The molecule has 13 heavy (non-hydrogen) atoms. The average molecular weight is 176 g/mol. The minimum absolute atomic E-state index is 0.00583. The van der Waals surface area contributed by atoms with Gasteiger partial charge in [-0.3, -0.25) is 4.98 Å². The molecule has 68 valence electrons. The van der Waals surface area contributed by atoms with E-state index in [-0.39, 0.29) is 6.23 Å². The molecule has 1 atom stereocenters. The van der Waals surface area contributed by atoms with Crippen molar-refractivity contribution < 1.29 is 4.74 Å². The van der Waals surface area contributed by atoms with Gasteiger partial charge in [-0.25, -0.2) is 0 Å². The Kier molecular flexibility index (Phi) is 1.93. The van der Waals surface area contributed by atoms with E-state index in [0.29, 0.717) is 0 Å². The zero-order chi connectivity index (χ0) is 9.26. The van der Waals surface area contributed by atoms with Gasteiger partial charge in [-0.05, 0) is 13.0 Å². The maximum atomic E-state index is 5.61. The average Bonchev–Trinajstić information content (AvgIpc) is 2.47. The third kappa shape index (κ3) is 1.49. The van der Waals surface area contributed by atoms with E-state index in [1.807, 2.05) is 43.4 Å². The van der Waals surface area contributed by atoms with Gasteiger partial charge in [-0.1, -0.05) is 6.07 Å². The molecule has 1 aromatic heterocycles. The highest BCUT2D eigenvalue weighted by atomic mass is 16.5. The van der Waals surface area contributed by atoms with Crippen LogP contribution in [-0.2, 0) is 4.74 Å². The smallest absolute Gasteiger partial charge is 0.199 e. The van der Waals surface area contributed by atoms with Crippen LogP contribution >= 0.6 is 0 Å². The SMILES string of the molecule is CC1=CN(C)C(c2cccnc2)O1. The standard InChI is InChI=1S/C10H12N2O/c1-8-7-12(2)10(13-8)9-4-3-5-11-6-9/h3-7,10H,1-2H3. The van der Waals surface area contributed by atoms with E-state index in [4.69, 9.17) is 4.74 Å². The molecule has 1 aliphatic rings. The van der Waals surface area contributed by atoms with Crippen LogP contribution in [0.3, 0.4) is 0 Å². The van der Waals surface area contributed by atoms with Gasteiger partial charge in [0.25, 0.3) is 0 Å². The van der Waals surface area contributed by atoms with Crippen LogP contribution in [0, 0.1) is 0 Å². The molecule has 2 rings (SSSR count). The summed E-state index contributed by atoms with van der Waals surface area (Å²) in [6.07, 6.45) is 5.57. The van der Waals surface area contributed by atoms with Crippen molar-refractivity contribution in [1.29, 1.82) is 0 Å². The summed E-state index contributed by atoms with van der Waals surface area (Å²) in [4.78, 5) is 6.09. The van der Waals surface area contributed by atoms with Gasteiger partial charge in [0.05, 0.1) is 0 Å². The van der Waals surface area contributed by atoms with E-state index in [2.05, 4.69) is 4.98 Å². The van der Waals surface area contributed by atoms with Crippen molar-refractivity contribution in [2.45, 2.75) is 13.2 Å². The highest BCUT2D eigenvalue weighted by Gasteiger charge is 2.22. The molecule has 0 fully saturated rings. The molecule has 1 unspecified atom stereocenters. The number of hydrogen-bond acceptors (Lipinski definition) is 3. The molecule has 0 saturated heterocycles. The molecular weight excluding hydrogens is 164 g/mol. The van der Waals surface area contributed by atoms with Crippen LogP contribution in [0.1, 0.15) is 18.7 Å². The van der Waals surface area contributed by atoms with Crippen molar-refractivity contribution in [2.75, 3.05) is 7.05 Å². The second-order valence-corrected chi connectivity index (χ2v) is 3.16. The number of nitrogens with zero attached hydrogens (tertiary/aromatic N) is 2. The summed E-state index contributed by atoms with van der Waals surface area (Å²) in [5, 5.41) is 0. The molecule has 1 aliphatic heterocycles. The maximum absolute atomic E-state index is 5.61. The normalized spacial score (nSPS) is 21.2. The predicted octanol–water partition coefficient (Wildman–Crippen LogP) is 1.90. The second-order valence-electron chi connectivity index (χ2n) is 3.16. The first kappa shape index (κ1) is 8.10. The van der Waals surface area contributed by atoms with Crippen molar-refractivity contribution >= 4 is 0 Å². The molecule has 0 amide bonds. The third-order valence-corrected chi connectivity index (χ3v) is 2.02. The van der Waals surface area contributed by atoms with Crippen LogP contribution in [0.5, 0.6) is 0 Å². The van der Waals surface area contributed by atoms with Gasteiger partial charge in [0.1, 0.15) is 5.76 Å². The Balaban J connectivity index is 2.21. The summed E-state index contributed by atoms with van der Waals surface area (Å²) in [5.41, 5.74) is 1.08. The van der Waals surface area contributed by atoms with Gasteiger partial charge >= 0.3 is 0 Å². The Labute approximate surface area is 77.7 Å². The molecule has 0 radical (unpaired) electrons. The maximum Gasteiger partial charge on any atom is 0.199 e. The van der Waals surface area contributed by atoms with E-state index >= 15 is 0 Å². The fourth-order valence-electron chi connectivity index (χ4n) is 1.47. The summed E-state index contributed by atoms with van der Waals surface area (Å²) < 4.78 is 5.61. The zero-order valence-electron chi connectivity index (χ0n) is 7.77. The molecule has 3 heteroatoms. The Hall–Kier alpha value is -1.51. The van der Waals surface area contributed by atoms with Crippen molar-refractivity contribution in [3.05, 3.63) is 42.0 Å². The summed E-state index contributed by atoms with van der Waals surface area (Å²) in [7, 11) is 1.99. The highest BCUT2D eigenvalue weighted by Crippen LogP contribution is 2.28. The van der Waals surface area contributed by atoms with Crippen molar-refractivity contribution in [2.24, 2.45) is 0 Å². The number of aromatic nitrogens is 1. The molecule has 3 nitrogen and oxygen atoms in total. The van der Waals surface area contributed by atoms with Gasteiger partial charge in [-0.2, -0.15) is 0 Å². The van der Waals surface area contributed by atoms with Crippen LogP contribution in [0.15, 0.2) is 36.5 Å². The topological polar surface area (TPSA) is 25.4 Å². The first-order valence-corrected chi connectivity index (χ1v) is 4.24. The molecule has 0 bridgehead atoms. The highest BCUT2D eigenvalue weighted by molar-refractivity contribution is 5.15. The number of allylic oxidation sites excluding steroid dienone is 1. The van der Waals surface area contributed by atoms with E-state index in [1.165, 1.54) is 0 Å². The largest absolute Gasteiger partial charge is 0.469 e. The molecular formula is C10H12N2O. The molecule has 0 aromatic carbocycles. The number of ether oxygens (including phenoxy) is 1. The summed E-state index contributed by atoms with van der Waals surface area (Å²) in [6, 6.07) is 3.93. The predicted molar refractivity (Wildman–Crippen MR) is 49.6 cm³/mol. The zero-order valence-corrected chi connectivity index (χ0v) is 7.77. The lowest BCUT2D eigenvalue weighted by Gasteiger charge is -2.19. The van der Waals surface area contributed by atoms with E-state index in [9.17, 15) is 0 Å². The lowest BCUT2D eigenvalue weighted by Crippen LogP contribution is -2.15. The lowest BCUT2D eigenvalue weighted by molar-refractivity contribution is 0.0574. The van der Waals surface area contributed by atoms with Crippen LogP contribution in [0.25, 0.3) is 0 Å². The minimum Gasteiger partial charge on any atom is -0.469 e. The molecule has 0 N–H and O–H groups in total. The number of rotatable bonds is 1. The monoisotopic (exact) mass is 176 g/mol. The summed E-state index contributed by atoms with van der Waals surface area (Å²) in [5.74, 6) is 0.941. The quantitative estimate of drug-likeness (QED) is 0.653. The van der Waals surface area contributed by atoms with Gasteiger partial charge in [-0.15, -0.1) is 0 Å².